The predicted molar refractivity (Wildman–Crippen MR) is 334 cm³/mol. The SMILES string of the molecule is CC/C=C\C/C=C\C/C=C\C/C=C\C/C=C\C/C=C\CCCCCCCCCCCCC(=O)OC(COC(=O)CCCCCCCCCCCCCCC/C=C\CCCCCCCCCC)COC(OCC[N+](C)(C)C)C(=O)[O-]. The van der Waals surface area contributed by atoms with E-state index in [1.54, 1.807) is 0 Å². The Morgan fingerprint density at radius 1 is 0.392 bits per heavy atom. The average molecular weight is 1110 g/mol. The molecule has 0 amide bonds. The van der Waals surface area contributed by atoms with E-state index in [9.17, 15) is 19.5 Å². The summed E-state index contributed by atoms with van der Waals surface area (Å²) < 4.78 is 22.8. The Morgan fingerprint density at radius 3 is 1.09 bits per heavy atom. The van der Waals surface area contributed by atoms with Crippen molar-refractivity contribution in [2.75, 3.05) is 47.5 Å². The van der Waals surface area contributed by atoms with Crippen molar-refractivity contribution in [1.82, 2.24) is 0 Å². The molecule has 0 rings (SSSR count). The van der Waals surface area contributed by atoms with E-state index in [1.165, 1.54) is 167 Å². The van der Waals surface area contributed by atoms with Gasteiger partial charge in [0.1, 0.15) is 13.2 Å². The first-order valence-electron chi connectivity index (χ1n) is 32.7. The van der Waals surface area contributed by atoms with Crippen LogP contribution in [-0.4, -0.2) is 82.3 Å². The number of hydrogen-bond donors (Lipinski definition) is 0. The summed E-state index contributed by atoms with van der Waals surface area (Å²) in [5, 5.41) is 11.8. The molecule has 0 bridgehead atoms. The number of unbranched alkanes of at least 4 members (excludes halogenated alkanes) is 31. The molecule has 9 heteroatoms. The van der Waals surface area contributed by atoms with E-state index in [1.807, 2.05) is 21.1 Å². The van der Waals surface area contributed by atoms with Gasteiger partial charge < -0.3 is 33.3 Å². The highest BCUT2D eigenvalue weighted by Crippen LogP contribution is 2.17. The summed E-state index contributed by atoms with van der Waals surface area (Å²) in [6.45, 7) is 4.65. The van der Waals surface area contributed by atoms with E-state index in [4.69, 9.17) is 18.9 Å². The van der Waals surface area contributed by atoms with Crippen LogP contribution in [0.1, 0.15) is 284 Å². The third kappa shape index (κ3) is 61.9. The Balaban J connectivity index is 4.19. The van der Waals surface area contributed by atoms with Crippen molar-refractivity contribution in [3.8, 4) is 0 Å². The van der Waals surface area contributed by atoms with Crippen LogP contribution >= 0.6 is 0 Å². The van der Waals surface area contributed by atoms with Crippen molar-refractivity contribution in [3.05, 3.63) is 85.1 Å². The number of aliphatic carboxylic acids is 1. The molecule has 0 saturated heterocycles. The molecule has 2 unspecified atom stereocenters. The number of allylic oxidation sites excluding steroid dienone is 14. The van der Waals surface area contributed by atoms with E-state index in [2.05, 4.69) is 98.9 Å². The van der Waals surface area contributed by atoms with Gasteiger partial charge in [-0.1, -0.05) is 266 Å². The van der Waals surface area contributed by atoms with Gasteiger partial charge >= 0.3 is 11.9 Å². The number of likely N-dealkylation sites (N-methyl/N-ethyl adjacent to an activating group) is 1. The Hall–Kier alpha value is -3.53. The van der Waals surface area contributed by atoms with Crippen LogP contribution in [-0.2, 0) is 33.3 Å². The first kappa shape index (κ1) is 75.5. The summed E-state index contributed by atoms with van der Waals surface area (Å²) in [5.74, 6) is -2.28. The summed E-state index contributed by atoms with van der Waals surface area (Å²) in [6.07, 6.45) is 77.9. The molecular weight excluding hydrogens is 983 g/mol. The van der Waals surface area contributed by atoms with Gasteiger partial charge in [0.05, 0.1) is 40.3 Å². The van der Waals surface area contributed by atoms with Crippen LogP contribution in [0.3, 0.4) is 0 Å². The highest BCUT2D eigenvalue weighted by atomic mass is 16.7. The second-order valence-electron chi connectivity index (χ2n) is 23.0. The van der Waals surface area contributed by atoms with Crippen molar-refractivity contribution in [2.45, 2.75) is 296 Å². The highest BCUT2D eigenvalue weighted by molar-refractivity contribution is 5.70. The smallest absolute Gasteiger partial charge is 0.306 e. The maximum Gasteiger partial charge on any atom is 0.306 e. The number of quaternary nitrogens is 1. The summed E-state index contributed by atoms with van der Waals surface area (Å²) in [6, 6.07) is 0. The second kappa shape index (κ2) is 60.6. The monoisotopic (exact) mass is 1110 g/mol. The molecule has 79 heavy (non-hydrogen) atoms. The molecule has 0 aromatic carbocycles. The van der Waals surface area contributed by atoms with Gasteiger partial charge in [0.25, 0.3) is 0 Å². The summed E-state index contributed by atoms with van der Waals surface area (Å²) in [4.78, 5) is 37.4. The molecule has 0 radical (unpaired) electrons. The second-order valence-corrected chi connectivity index (χ2v) is 23.0. The van der Waals surface area contributed by atoms with Crippen LogP contribution in [0.2, 0.25) is 0 Å². The molecule has 0 aliphatic rings. The number of esters is 2. The number of carboxylic acid groups (broad SMARTS) is 1. The van der Waals surface area contributed by atoms with Crippen LogP contribution in [0.5, 0.6) is 0 Å². The maximum atomic E-state index is 12.9. The lowest BCUT2D eigenvalue weighted by Gasteiger charge is -2.26. The van der Waals surface area contributed by atoms with E-state index in [0.29, 0.717) is 17.4 Å². The van der Waals surface area contributed by atoms with Gasteiger partial charge in [0.15, 0.2) is 12.4 Å². The van der Waals surface area contributed by atoms with Crippen molar-refractivity contribution in [3.63, 3.8) is 0 Å². The Kier molecular flexibility index (Phi) is 57.9. The topological polar surface area (TPSA) is 111 Å². The van der Waals surface area contributed by atoms with Gasteiger partial charge in [0.2, 0.25) is 0 Å². The summed E-state index contributed by atoms with van der Waals surface area (Å²) in [7, 11) is 5.93. The zero-order valence-corrected chi connectivity index (χ0v) is 52.0. The van der Waals surface area contributed by atoms with Crippen LogP contribution in [0.15, 0.2) is 85.1 Å². The predicted octanol–water partition coefficient (Wildman–Crippen LogP) is 18.6. The molecule has 0 heterocycles. The normalized spacial score (nSPS) is 13.3. The third-order valence-corrected chi connectivity index (χ3v) is 14.1. The van der Waals surface area contributed by atoms with Gasteiger partial charge in [-0.25, -0.2) is 0 Å². The van der Waals surface area contributed by atoms with Crippen LogP contribution in [0.25, 0.3) is 0 Å². The van der Waals surface area contributed by atoms with Gasteiger partial charge in [0, 0.05) is 12.8 Å². The quantitative estimate of drug-likeness (QED) is 0.0195. The Labute approximate surface area is 487 Å². The van der Waals surface area contributed by atoms with E-state index in [-0.39, 0.29) is 38.6 Å². The number of rotatable bonds is 60. The number of carboxylic acids is 1. The molecule has 456 valence electrons. The largest absolute Gasteiger partial charge is 0.545 e. The lowest BCUT2D eigenvalue weighted by molar-refractivity contribution is -0.870. The van der Waals surface area contributed by atoms with Gasteiger partial charge in [-0.2, -0.15) is 0 Å². The number of carbonyl (C=O) groups is 3. The summed E-state index contributed by atoms with van der Waals surface area (Å²) >= 11 is 0. The number of ether oxygens (including phenoxy) is 4. The average Bonchev–Trinajstić information content (AvgIpc) is 3.42. The first-order valence-corrected chi connectivity index (χ1v) is 32.7. The molecular formula is C70H123NO8. The number of nitrogens with zero attached hydrogens (tertiary/aromatic N) is 1. The van der Waals surface area contributed by atoms with Crippen molar-refractivity contribution >= 4 is 17.9 Å². The van der Waals surface area contributed by atoms with Gasteiger partial charge in [-0.15, -0.1) is 0 Å². The zero-order valence-electron chi connectivity index (χ0n) is 52.0. The molecule has 0 saturated carbocycles. The number of carbonyl (C=O) groups excluding carboxylic acids is 3. The molecule has 0 aromatic rings. The van der Waals surface area contributed by atoms with Crippen molar-refractivity contribution in [2.24, 2.45) is 0 Å². The fourth-order valence-electron chi connectivity index (χ4n) is 9.12. The number of hydrogen-bond acceptors (Lipinski definition) is 8. The minimum absolute atomic E-state index is 0.144. The van der Waals surface area contributed by atoms with E-state index in [0.717, 1.165) is 83.5 Å². The third-order valence-electron chi connectivity index (χ3n) is 14.1. The molecule has 0 aliphatic heterocycles. The first-order chi connectivity index (χ1) is 38.6. The molecule has 0 aromatic heterocycles. The Morgan fingerprint density at radius 2 is 0.722 bits per heavy atom. The van der Waals surface area contributed by atoms with Crippen molar-refractivity contribution in [1.29, 1.82) is 0 Å². The molecule has 9 nitrogen and oxygen atoms in total. The fraction of sp³-hybridized carbons (Fsp3) is 0.757. The lowest BCUT2D eigenvalue weighted by Crippen LogP contribution is -2.44. The summed E-state index contributed by atoms with van der Waals surface area (Å²) in [5.41, 5.74) is 0. The molecule has 0 fully saturated rings. The minimum Gasteiger partial charge on any atom is -0.545 e. The van der Waals surface area contributed by atoms with Gasteiger partial charge in [-0.05, 0) is 89.9 Å². The maximum absolute atomic E-state index is 12.9. The van der Waals surface area contributed by atoms with Crippen LogP contribution < -0.4 is 5.11 Å². The van der Waals surface area contributed by atoms with Gasteiger partial charge in [-0.3, -0.25) is 9.59 Å². The van der Waals surface area contributed by atoms with Crippen LogP contribution in [0.4, 0.5) is 0 Å². The molecule has 2 atom stereocenters. The standard InChI is InChI=1S/C70H123NO8/c1-6-8-10-12-14-16-18-20-22-24-26-28-30-32-33-34-35-37-39-41-43-45-47-49-51-53-55-57-59-61-68(73)79-66(65-78-70(69(74)75)76-63-62-71(3,4)5)64-77-67(72)60-58-56-54-52-50-48-46-44-42-40-38-36-31-29-27-25-23-21-19-17-15-13-11-9-7-2/h8,10,14,16,20,22,25-28,32-33,35,37,66,70H,6-7,9,11-13,15,17-19,21,23-24,29-31,34,36,38-65H2,1-5H3/b10-8-,16-14-,22-20-,27-25-,28-26-,33-32-,37-35-. The minimum atomic E-state index is -1.63. The van der Waals surface area contributed by atoms with E-state index >= 15 is 0 Å². The van der Waals surface area contributed by atoms with Crippen LogP contribution in [0, 0.1) is 0 Å². The molecule has 0 aliphatic carbocycles. The highest BCUT2D eigenvalue weighted by Gasteiger charge is 2.22. The fourth-order valence-corrected chi connectivity index (χ4v) is 9.12. The van der Waals surface area contributed by atoms with Crippen molar-refractivity contribution < 1.29 is 42.9 Å². The lowest BCUT2D eigenvalue weighted by atomic mass is 10.0. The Bertz CT molecular complexity index is 1570. The zero-order chi connectivity index (χ0) is 57.6. The van der Waals surface area contributed by atoms with E-state index < -0.39 is 24.3 Å². The molecule has 0 N–H and O–H groups in total. The molecule has 0 spiro atoms.